The fraction of sp³-hybridized carbons (Fsp3) is 0.111. The Morgan fingerprint density at radius 1 is 1.12 bits per heavy atom. The molecule has 6 heteroatoms. The molecule has 3 nitrogen and oxygen atoms in total. The fourth-order valence-corrected chi connectivity index (χ4v) is 3.08. The van der Waals surface area contributed by atoms with E-state index in [0.29, 0.717) is 34.1 Å². The van der Waals surface area contributed by atoms with Crippen LogP contribution in [0.4, 0.5) is 4.39 Å². The molecule has 0 saturated carbocycles. The van der Waals surface area contributed by atoms with E-state index >= 15 is 0 Å². The molecule has 0 atom stereocenters. The minimum atomic E-state index is -0.348. The second kappa shape index (κ2) is 6.75. The highest BCUT2D eigenvalue weighted by molar-refractivity contribution is 6.33. The summed E-state index contributed by atoms with van der Waals surface area (Å²) in [5.41, 5.74) is 2.35. The van der Waals surface area contributed by atoms with Crippen LogP contribution in [0.3, 0.4) is 0 Å². The lowest BCUT2D eigenvalue weighted by Crippen LogP contribution is -2.22. The smallest absolute Gasteiger partial charge is 0.269 e. The molecule has 0 radical (unpaired) electrons. The first kappa shape index (κ1) is 16.7. The summed E-state index contributed by atoms with van der Waals surface area (Å²) in [4.78, 5) is 16.5. The Balaban J connectivity index is 2.41. The topological polar surface area (TPSA) is 34.9 Å². The third-order valence-electron chi connectivity index (χ3n) is 3.73. The molecule has 3 aromatic rings. The maximum absolute atomic E-state index is 13.3. The fourth-order valence-electron chi connectivity index (χ4n) is 2.65. The van der Waals surface area contributed by atoms with Crippen molar-refractivity contribution in [2.45, 2.75) is 13.5 Å². The number of pyridine rings is 2. The number of hydrogen-bond acceptors (Lipinski definition) is 2. The Labute approximate surface area is 148 Å². The Kier molecular flexibility index (Phi) is 4.69. The molecular formula is C18H13Cl2FN2O. The van der Waals surface area contributed by atoms with E-state index in [2.05, 4.69) is 4.98 Å². The van der Waals surface area contributed by atoms with Gasteiger partial charge >= 0.3 is 0 Å². The van der Waals surface area contributed by atoms with Crippen LogP contribution in [0.1, 0.15) is 6.92 Å². The molecule has 0 aliphatic rings. The minimum Gasteiger partial charge on any atom is -0.307 e. The van der Waals surface area contributed by atoms with Crippen molar-refractivity contribution in [1.29, 1.82) is 0 Å². The number of rotatable bonds is 3. The number of aromatic nitrogens is 2. The predicted octanol–water partition coefficient (Wildman–Crippen LogP) is 5.04. The molecule has 0 aliphatic carbocycles. The number of halogens is 3. The first-order valence-electron chi connectivity index (χ1n) is 7.33. The van der Waals surface area contributed by atoms with Crippen molar-refractivity contribution < 1.29 is 4.39 Å². The van der Waals surface area contributed by atoms with Gasteiger partial charge in [-0.2, -0.15) is 0 Å². The zero-order chi connectivity index (χ0) is 17.3. The zero-order valence-corrected chi connectivity index (χ0v) is 14.3. The molecule has 2 heterocycles. The van der Waals surface area contributed by atoms with Crippen molar-refractivity contribution in [1.82, 2.24) is 9.55 Å². The molecule has 24 heavy (non-hydrogen) atoms. The molecule has 122 valence electrons. The van der Waals surface area contributed by atoms with Crippen molar-refractivity contribution in [3.05, 3.63) is 75.0 Å². The second-order valence-electron chi connectivity index (χ2n) is 5.15. The van der Waals surface area contributed by atoms with Gasteiger partial charge in [0.05, 0.1) is 5.69 Å². The lowest BCUT2D eigenvalue weighted by atomic mass is 9.99. The van der Waals surface area contributed by atoms with Crippen LogP contribution in [0.5, 0.6) is 0 Å². The largest absolute Gasteiger partial charge is 0.307 e. The van der Waals surface area contributed by atoms with Gasteiger partial charge in [-0.3, -0.25) is 4.79 Å². The Morgan fingerprint density at radius 3 is 2.46 bits per heavy atom. The summed E-state index contributed by atoms with van der Waals surface area (Å²) < 4.78 is 14.8. The van der Waals surface area contributed by atoms with Gasteiger partial charge in [-0.15, -0.1) is 0 Å². The number of benzene rings is 1. The van der Waals surface area contributed by atoms with Gasteiger partial charge < -0.3 is 4.57 Å². The Bertz CT molecular complexity index is 952. The van der Waals surface area contributed by atoms with Crippen LogP contribution in [-0.2, 0) is 6.54 Å². The maximum Gasteiger partial charge on any atom is 0.269 e. The van der Waals surface area contributed by atoms with E-state index in [1.54, 1.807) is 41.1 Å². The summed E-state index contributed by atoms with van der Waals surface area (Å²) in [5.74, 6) is -0.348. The minimum absolute atomic E-state index is 0.0950. The summed E-state index contributed by atoms with van der Waals surface area (Å²) >= 11 is 12.4. The molecule has 0 aliphatic heterocycles. The van der Waals surface area contributed by atoms with Crippen molar-refractivity contribution in [2.24, 2.45) is 0 Å². The molecule has 0 unspecified atom stereocenters. The highest BCUT2D eigenvalue weighted by Gasteiger charge is 2.18. The first-order valence-corrected chi connectivity index (χ1v) is 8.08. The van der Waals surface area contributed by atoms with Crippen LogP contribution >= 0.6 is 23.2 Å². The summed E-state index contributed by atoms with van der Waals surface area (Å²) in [6.45, 7) is 2.26. The van der Waals surface area contributed by atoms with Crippen molar-refractivity contribution in [3.63, 3.8) is 0 Å². The van der Waals surface area contributed by atoms with Gasteiger partial charge in [-0.25, -0.2) is 9.37 Å². The van der Waals surface area contributed by atoms with E-state index in [4.69, 9.17) is 23.2 Å². The van der Waals surface area contributed by atoms with Gasteiger partial charge in [-0.1, -0.05) is 23.2 Å². The van der Waals surface area contributed by atoms with E-state index in [1.807, 2.05) is 6.92 Å². The van der Waals surface area contributed by atoms with Gasteiger partial charge in [0.1, 0.15) is 16.0 Å². The highest BCUT2D eigenvalue weighted by atomic mass is 35.5. The van der Waals surface area contributed by atoms with Crippen LogP contribution in [-0.4, -0.2) is 9.55 Å². The highest BCUT2D eigenvalue weighted by Crippen LogP contribution is 2.35. The first-order chi connectivity index (χ1) is 11.5. The van der Waals surface area contributed by atoms with Crippen molar-refractivity contribution in [2.75, 3.05) is 0 Å². The lowest BCUT2D eigenvalue weighted by Gasteiger charge is -2.17. The van der Waals surface area contributed by atoms with Crippen molar-refractivity contribution >= 4 is 23.2 Å². The third-order valence-corrected chi connectivity index (χ3v) is 4.30. The Morgan fingerprint density at radius 2 is 1.83 bits per heavy atom. The SMILES string of the molecule is CCn1c(-c2ccc(F)cc2)c(-c2cccnc2Cl)cc(Cl)c1=O. The molecule has 0 amide bonds. The molecule has 0 fully saturated rings. The summed E-state index contributed by atoms with van der Waals surface area (Å²) in [6, 6.07) is 11.1. The number of hydrogen-bond donors (Lipinski definition) is 0. The average molecular weight is 363 g/mol. The van der Waals surface area contributed by atoms with Gasteiger partial charge in [-0.05, 0) is 55.0 Å². The molecule has 3 rings (SSSR count). The zero-order valence-electron chi connectivity index (χ0n) is 12.8. The van der Waals surface area contributed by atoms with Crippen LogP contribution in [0, 0.1) is 5.82 Å². The average Bonchev–Trinajstić information content (AvgIpc) is 2.58. The van der Waals surface area contributed by atoms with Gasteiger partial charge in [0.2, 0.25) is 0 Å². The quantitative estimate of drug-likeness (QED) is 0.611. The molecule has 0 N–H and O–H groups in total. The summed E-state index contributed by atoms with van der Waals surface area (Å²) in [7, 11) is 0. The normalized spacial score (nSPS) is 10.8. The van der Waals surface area contributed by atoms with Gasteiger partial charge in [0, 0.05) is 23.9 Å². The second-order valence-corrected chi connectivity index (χ2v) is 5.92. The van der Waals surface area contributed by atoms with E-state index in [9.17, 15) is 9.18 Å². The molecule has 2 aromatic heterocycles. The molecule has 0 saturated heterocycles. The van der Waals surface area contributed by atoms with E-state index in [-0.39, 0.29) is 16.4 Å². The van der Waals surface area contributed by atoms with Crippen molar-refractivity contribution in [3.8, 4) is 22.4 Å². The summed E-state index contributed by atoms with van der Waals surface area (Å²) in [5, 5.41) is 0.399. The van der Waals surface area contributed by atoms with Crippen LogP contribution in [0.25, 0.3) is 22.4 Å². The third kappa shape index (κ3) is 2.95. The molecular weight excluding hydrogens is 350 g/mol. The van der Waals surface area contributed by atoms with E-state index < -0.39 is 0 Å². The van der Waals surface area contributed by atoms with E-state index in [1.165, 1.54) is 12.1 Å². The summed E-state index contributed by atoms with van der Waals surface area (Å²) in [6.07, 6.45) is 1.58. The van der Waals surface area contributed by atoms with Gasteiger partial charge in [0.25, 0.3) is 5.56 Å². The maximum atomic E-state index is 13.3. The Hall–Kier alpha value is -2.17. The van der Waals surface area contributed by atoms with Gasteiger partial charge in [0.15, 0.2) is 0 Å². The monoisotopic (exact) mass is 362 g/mol. The molecule has 0 spiro atoms. The number of nitrogens with zero attached hydrogens (tertiary/aromatic N) is 2. The predicted molar refractivity (Wildman–Crippen MR) is 95.0 cm³/mol. The molecule has 0 bridgehead atoms. The standard InChI is InChI=1S/C18H13Cl2FN2O/c1-2-23-16(11-5-7-12(21)8-6-11)14(10-15(19)18(23)24)13-4-3-9-22-17(13)20/h3-10H,2H2,1H3. The molecule has 1 aromatic carbocycles. The van der Waals surface area contributed by atoms with Crippen LogP contribution < -0.4 is 5.56 Å². The van der Waals surface area contributed by atoms with E-state index in [0.717, 1.165) is 0 Å². The lowest BCUT2D eigenvalue weighted by molar-refractivity contribution is 0.628. The van der Waals surface area contributed by atoms with Crippen LogP contribution in [0.15, 0.2) is 53.5 Å². The van der Waals surface area contributed by atoms with Crippen LogP contribution in [0.2, 0.25) is 10.2 Å².